The molecule has 0 spiro atoms. The molecule has 9 heteroatoms. The van der Waals surface area contributed by atoms with Crippen LogP contribution in [0.2, 0.25) is 0 Å². The van der Waals surface area contributed by atoms with Gasteiger partial charge in [-0.3, -0.25) is 4.68 Å². The summed E-state index contributed by atoms with van der Waals surface area (Å²) in [4.78, 5) is 16.1. The van der Waals surface area contributed by atoms with Crippen molar-refractivity contribution in [3.05, 3.63) is 48.0 Å². The van der Waals surface area contributed by atoms with Gasteiger partial charge in [-0.2, -0.15) is 10.2 Å². The zero-order chi connectivity index (χ0) is 24.2. The van der Waals surface area contributed by atoms with Crippen LogP contribution in [0.3, 0.4) is 0 Å². The average Bonchev–Trinajstić information content (AvgIpc) is 3.36. The third-order valence-corrected chi connectivity index (χ3v) is 6.01. The molecule has 2 aromatic carbocycles. The summed E-state index contributed by atoms with van der Waals surface area (Å²) in [6, 6.07) is 7.50. The number of hydrogen-bond acceptors (Lipinski definition) is 5. The number of rotatable bonds is 2. The highest BCUT2D eigenvalue weighted by Gasteiger charge is 2.26. The topological polar surface area (TPSA) is 68.4 Å². The first-order chi connectivity index (χ1) is 16.1. The van der Waals surface area contributed by atoms with E-state index in [0.717, 1.165) is 33.2 Å². The van der Waals surface area contributed by atoms with Crippen LogP contribution in [-0.2, 0) is 11.8 Å². The second-order valence-electron chi connectivity index (χ2n) is 9.90. The Hall–Kier alpha value is -3.62. The van der Waals surface area contributed by atoms with Crippen LogP contribution in [0.1, 0.15) is 26.3 Å². The van der Waals surface area contributed by atoms with E-state index < -0.39 is 5.60 Å². The Morgan fingerprint density at radius 2 is 1.62 bits per heavy atom. The van der Waals surface area contributed by atoms with E-state index in [-0.39, 0.29) is 11.9 Å². The molecule has 178 valence electrons. The highest BCUT2D eigenvalue weighted by Crippen LogP contribution is 2.28. The number of hydrogen-bond donors (Lipinski definition) is 0. The number of carbonyl (C=O) groups excluding carboxylic acids is 1. The molecule has 0 radical (unpaired) electrons. The van der Waals surface area contributed by atoms with Crippen molar-refractivity contribution < 1.29 is 13.9 Å². The maximum Gasteiger partial charge on any atom is 0.410 e. The Morgan fingerprint density at radius 1 is 0.941 bits per heavy atom. The number of piperazine rings is 1. The largest absolute Gasteiger partial charge is 0.444 e. The van der Waals surface area contributed by atoms with Crippen molar-refractivity contribution in [2.45, 2.75) is 33.3 Å². The second-order valence-corrected chi connectivity index (χ2v) is 9.90. The lowest BCUT2D eigenvalue weighted by molar-refractivity contribution is 0.0240. The van der Waals surface area contributed by atoms with Crippen molar-refractivity contribution in [3.8, 4) is 5.69 Å². The minimum atomic E-state index is -0.525. The quantitative estimate of drug-likeness (QED) is 0.439. The van der Waals surface area contributed by atoms with Gasteiger partial charge in [0.1, 0.15) is 11.1 Å². The summed E-state index contributed by atoms with van der Waals surface area (Å²) < 4.78 is 24.0. The molecule has 3 heterocycles. The molecule has 0 unspecified atom stereocenters. The molecule has 34 heavy (non-hydrogen) atoms. The van der Waals surface area contributed by atoms with Crippen LogP contribution in [0, 0.1) is 12.7 Å². The minimum Gasteiger partial charge on any atom is -0.444 e. The van der Waals surface area contributed by atoms with E-state index in [1.807, 2.05) is 65.3 Å². The lowest BCUT2D eigenvalue weighted by Crippen LogP contribution is -2.50. The van der Waals surface area contributed by atoms with Gasteiger partial charge in [-0.25, -0.2) is 13.9 Å². The van der Waals surface area contributed by atoms with Gasteiger partial charge in [0.25, 0.3) is 0 Å². The highest BCUT2D eigenvalue weighted by atomic mass is 19.1. The lowest BCUT2D eigenvalue weighted by Gasteiger charge is -2.36. The van der Waals surface area contributed by atoms with Crippen LogP contribution in [0.4, 0.5) is 14.9 Å². The van der Waals surface area contributed by atoms with E-state index in [9.17, 15) is 4.79 Å². The Kier molecular flexibility index (Phi) is 5.22. The smallest absolute Gasteiger partial charge is 0.410 e. The van der Waals surface area contributed by atoms with E-state index in [4.69, 9.17) is 4.74 Å². The summed E-state index contributed by atoms with van der Waals surface area (Å²) >= 11 is 0. The van der Waals surface area contributed by atoms with Gasteiger partial charge >= 0.3 is 6.09 Å². The molecule has 1 fully saturated rings. The number of amides is 1. The molecular formula is C25H29FN6O2. The number of ether oxygens (including phenoxy) is 1. The van der Waals surface area contributed by atoms with Crippen molar-refractivity contribution >= 4 is 33.6 Å². The molecule has 1 aliphatic rings. The number of aromatic nitrogens is 4. The van der Waals surface area contributed by atoms with Crippen LogP contribution in [-0.4, -0.2) is 62.3 Å². The SMILES string of the molecule is Cc1cc(-n2cc3cc(N4CCN(C(=O)OC(C)(C)C)CC4)cc(F)c3n2)cc2cn(C)nc12. The molecular weight excluding hydrogens is 435 g/mol. The maximum absolute atomic E-state index is 15.1. The van der Waals surface area contributed by atoms with Crippen molar-refractivity contribution in [1.29, 1.82) is 0 Å². The molecule has 1 amide bonds. The van der Waals surface area contributed by atoms with E-state index in [1.54, 1.807) is 14.3 Å². The molecule has 0 bridgehead atoms. The lowest BCUT2D eigenvalue weighted by atomic mass is 10.1. The summed E-state index contributed by atoms with van der Waals surface area (Å²) in [6.45, 7) is 9.85. The van der Waals surface area contributed by atoms with Crippen molar-refractivity contribution in [2.24, 2.45) is 7.05 Å². The van der Waals surface area contributed by atoms with Gasteiger partial charge in [-0.05, 0) is 57.5 Å². The van der Waals surface area contributed by atoms with Gasteiger partial charge in [0, 0.05) is 62.1 Å². The number of nitrogens with zero attached hydrogens (tertiary/aromatic N) is 6. The molecule has 2 aromatic heterocycles. The zero-order valence-corrected chi connectivity index (χ0v) is 20.2. The van der Waals surface area contributed by atoms with Gasteiger partial charge in [0.15, 0.2) is 5.82 Å². The molecule has 1 saturated heterocycles. The number of fused-ring (bicyclic) bond motifs is 2. The van der Waals surface area contributed by atoms with Crippen molar-refractivity contribution in [2.75, 3.05) is 31.1 Å². The molecule has 0 aliphatic carbocycles. The van der Waals surface area contributed by atoms with E-state index in [2.05, 4.69) is 15.1 Å². The van der Waals surface area contributed by atoms with Crippen molar-refractivity contribution in [3.63, 3.8) is 0 Å². The number of aryl methyl sites for hydroxylation is 2. The Labute approximate surface area is 197 Å². The van der Waals surface area contributed by atoms with Crippen LogP contribution < -0.4 is 4.90 Å². The van der Waals surface area contributed by atoms with Crippen LogP contribution in [0.25, 0.3) is 27.5 Å². The third-order valence-electron chi connectivity index (χ3n) is 6.01. The standard InChI is InChI=1S/C25H29FN6O2/c1-16-10-20(12-17-14-29(5)27-22(16)17)32-15-18-11-19(13-21(26)23(18)28-32)30-6-8-31(9-7-30)24(33)34-25(2,3)4/h10-15H,6-9H2,1-5H3. The average molecular weight is 465 g/mol. The van der Waals surface area contributed by atoms with Gasteiger partial charge < -0.3 is 14.5 Å². The molecule has 5 rings (SSSR count). The van der Waals surface area contributed by atoms with E-state index in [0.29, 0.717) is 31.7 Å². The Bertz CT molecular complexity index is 1390. The number of carbonyl (C=O) groups is 1. The predicted molar refractivity (Wildman–Crippen MR) is 130 cm³/mol. The molecule has 4 aromatic rings. The third kappa shape index (κ3) is 4.18. The van der Waals surface area contributed by atoms with Gasteiger partial charge in [-0.15, -0.1) is 0 Å². The predicted octanol–water partition coefficient (Wildman–Crippen LogP) is 4.42. The first kappa shape index (κ1) is 22.2. The number of anilines is 1. The summed E-state index contributed by atoms with van der Waals surface area (Å²) in [5, 5.41) is 10.8. The number of halogens is 1. The normalized spacial score (nSPS) is 14.9. The second kappa shape index (κ2) is 8.00. The first-order valence-corrected chi connectivity index (χ1v) is 11.4. The first-order valence-electron chi connectivity index (χ1n) is 11.4. The zero-order valence-electron chi connectivity index (χ0n) is 20.2. The summed E-state index contributed by atoms with van der Waals surface area (Å²) in [7, 11) is 1.89. The van der Waals surface area contributed by atoms with E-state index in [1.165, 1.54) is 6.07 Å². The van der Waals surface area contributed by atoms with Gasteiger partial charge in [0.05, 0.1) is 11.2 Å². The summed E-state index contributed by atoms with van der Waals surface area (Å²) in [6.07, 6.45) is 3.51. The monoisotopic (exact) mass is 464 g/mol. The molecule has 0 atom stereocenters. The van der Waals surface area contributed by atoms with Gasteiger partial charge in [-0.1, -0.05) is 0 Å². The summed E-state index contributed by atoms with van der Waals surface area (Å²) in [5.41, 5.74) is 3.44. The maximum atomic E-state index is 15.1. The van der Waals surface area contributed by atoms with Crippen LogP contribution >= 0.6 is 0 Å². The summed E-state index contributed by atoms with van der Waals surface area (Å²) in [5.74, 6) is -0.361. The van der Waals surface area contributed by atoms with E-state index >= 15 is 4.39 Å². The van der Waals surface area contributed by atoms with Crippen molar-refractivity contribution in [1.82, 2.24) is 24.5 Å². The minimum absolute atomic E-state index is 0.309. The molecule has 1 aliphatic heterocycles. The Balaban J connectivity index is 1.39. The fourth-order valence-electron chi connectivity index (χ4n) is 4.41. The fourth-order valence-corrected chi connectivity index (χ4v) is 4.41. The molecule has 0 N–H and O–H groups in total. The molecule has 0 saturated carbocycles. The Morgan fingerprint density at radius 3 is 2.32 bits per heavy atom. The fraction of sp³-hybridized carbons (Fsp3) is 0.400. The van der Waals surface area contributed by atoms with Gasteiger partial charge in [0.2, 0.25) is 0 Å². The van der Waals surface area contributed by atoms with Crippen LogP contribution in [0.5, 0.6) is 0 Å². The highest BCUT2D eigenvalue weighted by molar-refractivity contribution is 5.86. The molecule has 8 nitrogen and oxygen atoms in total. The number of benzene rings is 2. The van der Waals surface area contributed by atoms with Crippen LogP contribution in [0.15, 0.2) is 36.7 Å².